The highest BCUT2D eigenvalue weighted by Crippen LogP contribution is 2.38. The number of aryl methyl sites for hydroxylation is 1. The zero-order chi connectivity index (χ0) is 11.6. The van der Waals surface area contributed by atoms with Crippen LogP contribution in [0.5, 0.6) is 0 Å². The molecule has 0 spiro atoms. The molecule has 2 heteroatoms. The highest BCUT2D eigenvalue weighted by atomic mass is 16.3. The Bertz CT molecular complexity index is 364. The summed E-state index contributed by atoms with van der Waals surface area (Å²) in [4.78, 5) is 0. The fraction of sp³-hybridized carbons (Fsp3) is 0.571. The predicted octanol–water partition coefficient (Wildman–Crippen LogP) is 2.34. The first kappa shape index (κ1) is 11.6. The third-order valence-electron chi connectivity index (χ3n) is 3.94. The van der Waals surface area contributed by atoms with Gasteiger partial charge >= 0.3 is 0 Å². The molecule has 1 aromatic rings. The van der Waals surface area contributed by atoms with Gasteiger partial charge in [-0.25, -0.2) is 0 Å². The van der Waals surface area contributed by atoms with E-state index in [9.17, 15) is 5.11 Å². The van der Waals surface area contributed by atoms with Crippen LogP contribution in [0.4, 0.5) is 0 Å². The second kappa shape index (κ2) is 4.56. The molecule has 2 atom stereocenters. The summed E-state index contributed by atoms with van der Waals surface area (Å²) < 4.78 is 0. The Morgan fingerprint density at radius 2 is 2.06 bits per heavy atom. The van der Waals surface area contributed by atoms with E-state index in [2.05, 4.69) is 36.5 Å². The van der Waals surface area contributed by atoms with Crippen molar-refractivity contribution in [2.75, 3.05) is 7.05 Å². The summed E-state index contributed by atoms with van der Waals surface area (Å²) in [6, 6.07) is 8.37. The zero-order valence-corrected chi connectivity index (χ0v) is 10.2. The minimum absolute atomic E-state index is 0.233. The Morgan fingerprint density at radius 1 is 1.31 bits per heavy atom. The van der Waals surface area contributed by atoms with E-state index < -0.39 is 0 Å². The molecular formula is C14H21NO. The molecule has 2 unspecified atom stereocenters. The van der Waals surface area contributed by atoms with Gasteiger partial charge in [0.1, 0.15) is 0 Å². The van der Waals surface area contributed by atoms with Crippen LogP contribution in [0, 0.1) is 6.92 Å². The number of aliphatic hydroxyl groups is 1. The molecule has 2 rings (SSSR count). The maximum absolute atomic E-state index is 10.3. The van der Waals surface area contributed by atoms with Gasteiger partial charge in [-0.05, 0) is 37.9 Å². The lowest BCUT2D eigenvalue weighted by atomic mass is 9.73. The first-order valence-electron chi connectivity index (χ1n) is 6.14. The van der Waals surface area contributed by atoms with Gasteiger partial charge in [0.05, 0.1) is 11.6 Å². The van der Waals surface area contributed by atoms with E-state index >= 15 is 0 Å². The lowest BCUT2D eigenvalue weighted by Crippen LogP contribution is -2.52. The molecule has 1 aliphatic rings. The maximum Gasteiger partial charge on any atom is 0.0763 e. The Morgan fingerprint density at radius 3 is 2.69 bits per heavy atom. The van der Waals surface area contributed by atoms with E-state index in [1.165, 1.54) is 17.5 Å². The number of hydrogen-bond donors (Lipinski definition) is 2. The molecule has 0 bridgehead atoms. The largest absolute Gasteiger partial charge is 0.391 e. The molecule has 0 radical (unpaired) electrons. The summed E-state index contributed by atoms with van der Waals surface area (Å²) >= 11 is 0. The van der Waals surface area contributed by atoms with E-state index in [0.29, 0.717) is 0 Å². The number of rotatable bonds is 2. The summed E-state index contributed by atoms with van der Waals surface area (Å²) in [5.74, 6) is 0. The molecule has 0 amide bonds. The summed E-state index contributed by atoms with van der Waals surface area (Å²) in [7, 11) is 1.96. The second-order valence-corrected chi connectivity index (χ2v) is 4.80. The van der Waals surface area contributed by atoms with Crippen molar-refractivity contribution in [2.45, 2.75) is 44.2 Å². The molecule has 0 aliphatic heterocycles. The molecule has 1 saturated carbocycles. The first-order valence-corrected chi connectivity index (χ1v) is 6.14. The molecule has 2 N–H and O–H groups in total. The number of benzene rings is 1. The minimum Gasteiger partial charge on any atom is -0.391 e. The van der Waals surface area contributed by atoms with E-state index in [1.54, 1.807) is 0 Å². The van der Waals surface area contributed by atoms with Crippen LogP contribution in [-0.2, 0) is 5.54 Å². The molecule has 1 aliphatic carbocycles. The maximum atomic E-state index is 10.3. The molecule has 2 nitrogen and oxygen atoms in total. The Labute approximate surface area is 97.7 Å². The minimum atomic E-state index is -0.271. The highest BCUT2D eigenvalue weighted by Gasteiger charge is 2.40. The van der Waals surface area contributed by atoms with E-state index in [-0.39, 0.29) is 11.6 Å². The monoisotopic (exact) mass is 219 g/mol. The zero-order valence-electron chi connectivity index (χ0n) is 10.2. The molecule has 0 heterocycles. The van der Waals surface area contributed by atoms with Crippen LogP contribution in [0.1, 0.15) is 36.8 Å². The van der Waals surface area contributed by atoms with Gasteiger partial charge in [0, 0.05) is 0 Å². The van der Waals surface area contributed by atoms with Gasteiger partial charge in [-0.3, -0.25) is 0 Å². The average molecular weight is 219 g/mol. The smallest absolute Gasteiger partial charge is 0.0763 e. The average Bonchev–Trinajstić information content (AvgIpc) is 2.31. The fourth-order valence-corrected chi connectivity index (χ4v) is 2.97. The standard InChI is InChI=1S/C14H21NO/c1-11-7-3-4-8-12(11)14(15-2)10-6-5-9-13(14)16/h3-4,7-8,13,15-16H,5-6,9-10H2,1-2H3. The predicted molar refractivity (Wildman–Crippen MR) is 66.4 cm³/mol. The lowest BCUT2D eigenvalue weighted by Gasteiger charge is -2.42. The Balaban J connectivity index is 2.44. The number of nitrogens with one attached hydrogen (secondary N) is 1. The fourth-order valence-electron chi connectivity index (χ4n) is 2.97. The van der Waals surface area contributed by atoms with Crippen LogP contribution in [0.2, 0.25) is 0 Å². The van der Waals surface area contributed by atoms with E-state index in [0.717, 1.165) is 19.3 Å². The summed E-state index contributed by atoms with van der Waals surface area (Å²) in [5.41, 5.74) is 2.28. The van der Waals surface area contributed by atoms with Crippen molar-refractivity contribution in [2.24, 2.45) is 0 Å². The Hall–Kier alpha value is -0.860. The van der Waals surface area contributed by atoms with Crippen molar-refractivity contribution >= 4 is 0 Å². The van der Waals surface area contributed by atoms with Crippen molar-refractivity contribution in [3.8, 4) is 0 Å². The molecule has 1 fully saturated rings. The summed E-state index contributed by atoms with van der Waals surface area (Å²) in [6.07, 6.45) is 3.97. The number of likely N-dealkylation sites (N-methyl/N-ethyl adjacent to an activating group) is 1. The molecule has 88 valence electrons. The SMILES string of the molecule is CNC1(c2ccccc2C)CCCCC1O. The number of hydrogen-bond acceptors (Lipinski definition) is 2. The van der Waals surface area contributed by atoms with Crippen molar-refractivity contribution in [1.82, 2.24) is 5.32 Å². The van der Waals surface area contributed by atoms with Gasteiger partial charge in [0.15, 0.2) is 0 Å². The molecular weight excluding hydrogens is 198 g/mol. The van der Waals surface area contributed by atoms with Crippen LogP contribution >= 0.6 is 0 Å². The first-order chi connectivity index (χ1) is 7.70. The van der Waals surface area contributed by atoms with Crippen LogP contribution < -0.4 is 5.32 Å². The third kappa shape index (κ3) is 1.76. The van der Waals surface area contributed by atoms with E-state index in [1.807, 2.05) is 7.05 Å². The van der Waals surface area contributed by atoms with Crippen LogP contribution in [0.3, 0.4) is 0 Å². The van der Waals surface area contributed by atoms with Gasteiger partial charge < -0.3 is 10.4 Å². The quantitative estimate of drug-likeness (QED) is 0.800. The second-order valence-electron chi connectivity index (χ2n) is 4.80. The van der Waals surface area contributed by atoms with Gasteiger partial charge in [-0.2, -0.15) is 0 Å². The lowest BCUT2D eigenvalue weighted by molar-refractivity contribution is 0.0249. The molecule has 0 aromatic heterocycles. The van der Waals surface area contributed by atoms with Crippen molar-refractivity contribution < 1.29 is 5.11 Å². The van der Waals surface area contributed by atoms with Gasteiger partial charge in [0.25, 0.3) is 0 Å². The third-order valence-corrected chi connectivity index (χ3v) is 3.94. The molecule has 16 heavy (non-hydrogen) atoms. The van der Waals surface area contributed by atoms with Crippen molar-refractivity contribution in [3.05, 3.63) is 35.4 Å². The molecule has 0 saturated heterocycles. The van der Waals surface area contributed by atoms with Crippen LogP contribution in [-0.4, -0.2) is 18.3 Å². The van der Waals surface area contributed by atoms with Crippen LogP contribution in [0.25, 0.3) is 0 Å². The van der Waals surface area contributed by atoms with Crippen LogP contribution in [0.15, 0.2) is 24.3 Å². The van der Waals surface area contributed by atoms with E-state index in [4.69, 9.17) is 0 Å². The van der Waals surface area contributed by atoms with Crippen molar-refractivity contribution in [1.29, 1.82) is 0 Å². The van der Waals surface area contributed by atoms with Gasteiger partial charge in [-0.1, -0.05) is 37.1 Å². The topological polar surface area (TPSA) is 32.3 Å². The molecule has 1 aromatic carbocycles. The number of aliphatic hydroxyl groups excluding tert-OH is 1. The Kier molecular flexibility index (Phi) is 3.31. The van der Waals surface area contributed by atoms with Gasteiger partial charge in [0.2, 0.25) is 0 Å². The normalized spacial score (nSPS) is 30.3. The van der Waals surface area contributed by atoms with Crippen molar-refractivity contribution in [3.63, 3.8) is 0 Å². The summed E-state index contributed by atoms with van der Waals surface area (Å²) in [5, 5.41) is 13.7. The summed E-state index contributed by atoms with van der Waals surface area (Å²) in [6.45, 7) is 2.12. The highest BCUT2D eigenvalue weighted by molar-refractivity contribution is 5.34. The van der Waals surface area contributed by atoms with Gasteiger partial charge in [-0.15, -0.1) is 0 Å².